The molecule has 0 spiro atoms. The minimum absolute atomic E-state index is 0.0843. The predicted octanol–water partition coefficient (Wildman–Crippen LogP) is 2.12. The van der Waals surface area contributed by atoms with Crippen molar-refractivity contribution in [2.24, 2.45) is 5.73 Å². The molecule has 0 radical (unpaired) electrons. The zero-order chi connectivity index (χ0) is 16.9. The van der Waals surface area contributed by atoms with Crippen LogP contribution in [0, 0.1) is 0 Å². The topological polar surface area (TPSA) is 58.4 Å². The van der Waals surface area contributed by atoms with Gasteiger partial charge >= 0.3 is 0 Å². The van der Waals surface area contributed by atoms with Gasteiger partial charge in [0.15, 0.2) is 0 Å². The average molecular weight is 323 g/mol. The van der Waals surface area contributed by atoms with E-state index in [0.29, 0.717) is 19.0 Å². The molecule has 4 heteroatoms. The van der Waals surface area contributed by atoms with Crippen molar-refractivity contribution in [1.82, 2.24) is 5.32 Å². The fraction of sp³-hybridized carbons (Fsp3) is 0.350. The van der Waals surface area contributed by atoms with Crippen molar-refractivity contribution in [3.8, 4) is 0 Å². The number of nitrogens with zero attached hydrogens (tertiary/aromatic N) is 1. The van der Waals surface area contributed by atoms with Crippen LogP contribution in [0.15, 0.2) is 54.6 Å². The van der Waals surface area contributed by atoms with E-state index < -0.39 is 6.04 Å². The zero-order valence-electron chi connectivity index (χ0n) is 14.1. The maximum Gasteiger partial charge on any atom is 0.237 e. The van der Waals surface area contributed by atoms with Gasteiger partial charge in [0.05, 0.1) is 6.04 Å². The molecule has 0 fully saturated rings. The van der Waals surface area contributed by atoms with Crippen molar-refractivity contribution in [2.45, 2.75) is 31.8 Å². The Morgan fingerprint density at radius 2 is 1.92 bits per heavy atom. The molecule has 0 saturated heterocycles. The van der Waals surface area contributed by atoms with Gasteiger partial charge in [-0.2, -0.15) is 0 Å². The van der Waals surface area contributed by atoms with Gasteiger partial charge < -0.3 is 16.0 Å². The Bertz CT molecular complexity index is 686. The summed E-state index contributed by atoms with van der Waals surface area (Å²) in [6.45, 7) is 3.64. The van der Waals surface area contributed by atoms with Crippen LogP contribution < -0.4 is 16.0 Å². The van der Waals surface area contributed by atoms with Gasteiger partial charge in [-0.25, -0.2) is 0 Å². The Balaban J connectivity index is 1.49. The molecule has 126 valence electrons. The monoisotopic (exact) mass is 323 g/mol. The molecule has 3 N–H and O–H groups in total. The summed E-state index contributed by atoms with van der Waals surface area (Å²) in [6, 6.07) is 18.3. The summed E-state index contributed by atoms with van der Waals surface area (Å²) < 4.78 is 0. The first-order chi connectivity index (χ1) is 11.6. The summed E-state index contributed by atoms with van der Waals surface area (Å²) in [5.41, 5.74) is 9.78. The highest BCUT2D eigenvalue weighted by Crippen LogP contribution is 2.31. The highest BCUT2D eigenvalue weighted by atomic mass is 16.2. The summed E-state index contributed by atoms with van der Waals surface area (Å²) >= 11 is 0. The Morgan fingerprint density at radius 3 is 2.71 bits per heavy atom. The lowest BCUT2D eigenvalue weighted by molar-refractivity contribution is -0.122. The Labute approximate surface area is 143 Å². The lowest BCUT2D eigenvalue weighted by Crippen LogP contribution is -2.45. The first kappa shape index (κ1) is 16.5. The number of rotatable bonds is 6. The van der Waals surface area contributed by atoms with Crippen LogP contribution in [0.5, 0.6) is 0 Å². The molecule has 2 aromatic carbocycles. The molecule has 1 aliphatic heterocycles. The number of amides is 1. The van der Waals surface area contributed by atoms with Gasteiger partial charge in [-0.1, -0.05) is 48.5 Å². The number of anilines is 1. The van der Waals surface area contributed by atoms with Gasteiger partial charge in [-0.3, -0.25) is 4.79 Å². The third-order valence-corrected chi connectivity index (χ3v) is 4.64. The van der Waals surface area contributed by atoms with Gasteiger partial charge in [-0.15, -0.1) is 0 Å². The van der Waals surface area contributed by atoms with Gasteiger partial charge in [0, 0.05) is 24.8 Å². The molecule has 0 aromatic heterocycles. The fourth-order valence-electron chi connectivity index (χ4n) is 3.36. The average Bonchev–Trinajstić information content (AvgIpc) is 2.91. The molecule has 0 aliphatic carbocycles. The Hall–Kier alpha value is -2.33. The molecule has 4 nitrogen and oxygen atoms in total. The Morgan fingerprint density at radius 1 is 1.21 bits per heavy atom. The molecular formula is C20H25N3O. The molecular weight excluding hydrogens is 298 g/mol. The highest BCUT2D eigenvalue weighted by molar-refractivity contribution is 5.81. The van der Waals surface area contributed by atoms with Crippen LogP contribution in [0.2, 0.25) is 0 Å². The molecule has 2 atom stereocenters. The smallest absolute Gasteiger partial charge is 0.237 e. The highest BCUT2D eigenvalue weighted by Gasteiger charge is 2.25. The number of carbonyl (C=O) groups excluding carboxylic acids is 1. The molecule has 1 aliphatic rings. The molecule has 0 saturated carbocycles. The molecule has 1 heterocycles. The second kappa shape index (κ2) is 7.49. The lowest BCUT2D eigenvalue weighted by Gasteiger charge is -2.25. The number of fused-ring (bicyclic) bond motifs is 1. The number of hydrogen-bond acceptors (Lipinski definition) is 3. The first-order valence-corrected chi connectivity index (χ1v) is 8.57. The largest absolute Gasteiger partial charge is 0.367 e. The molecule has 0 bridgehead atoms. The van der Waals surface area contributed by atoms with Gasteiger partial charge in [-0.05, 0) is 37.0 Å². The van der Waals surface area contributed by atoms with Crippen LogP contribution in [-0.4, -0.2) is 31.1 Å². The third-order valence-electron chi connectivity index (χ3n) is 4.64. The lowest BCUT2D eigenvalue weighted by atomic mass is 10.1. The normalized spacial score (nSPS) is 17.4. The van der Waals surface area contributed by atoms with Crippen LogP contribution in [0.25, 0.3) is 0 Å². The quantitative estimate of drug-likeness (QED) is 0.856. The van der Waals surface area contributed by atoms with E-state index in [9.17, 15) is 4.79 Å². The van der Waals surface area contributed by atoms with Crippen LogP contribution in [-0.2, 0) is 17.6 Å². The standard InChI is InChI=1S/C20H25N3O/c1-15-13-17-9-5-6-10-19(17)23(15)12-11-22-20(24)18(21)14-16-7-3-2-4-8-16/h2-10,15,18H,11-14,21H2,1H3,(H,22,24). The van der Waals surface area contributed by atoms with Gasteiger partial charge in [0.25, 0.3) is 0 Å². The first-order valence-electron chi connectivity index (χ1n) is 8.57. The minimum Gasteiger partial charge on any atom is -0.367 e. The zero-order valence-corrected chi connectivity index (χ0v) is 14.1. The summed E-state index contributed by atoms with van der Waals surface area (Å²) in [4.78, 5) is 14.6. The van der Waals surface area contributed by atoms with E-state index in [-0.39, 0.29) is 5.91 Å². The number of para-hydroxylation sites is 1. The van der Waals surface area contributed by atoms with Crippen molar-refractivity contribution in [1.29, 1.82) is 0 Å². The molecule has 24 heavy (non-hydrogen) atoms. The Kier molecular flexibility index (Phi) is 5.16. The number of benzene rings is 2. The van der Waals surface area contributed by atoms with E-state index in [1.807, 2.05) is 30.3 Å². The second-order valence-electron chi connectivity index (χ2n) is 6.46. The number of carbonyl (C=O) groups is 1. The molecule has 2 unspecified atom stereocenters. The van der Waals surface area contributed by atoms with Crippen molar-refractivity contribution in [3.05, 3.63) is 65.7 Å². The van der Waals surface area contributed by atoms with Crippen LogP contribution in [0.1, 0.15) is 18.1 Å². The molecule has 3 rings (SSSR count). The van der Waals surface area contributed by atoms with Crippen LogP contribution in [0.3, 0.4) is 0 Å². The second-order valence-corrected chi connectivity index (χ2v) is 6.46. The van der Waals surface area contributed by atoms with Crippen molar-refractivity contribution >= 4 is 11.6 Å². The van der Waals surface area contributed by atoms with Gasteiger partial charge in [0.2, 0.25) is 5.91 Å². The van der Waals surface area contributed by atoms with Crippen molar-refractivity contribution in [3.63, 3.8) is 0 Å². The van der Waals surface area contributed by atoms with E-state index in [4.69, 9.17) is 5.73 Å². The van der Waals surface area contributed by atoms with Crippen LogP contribution >= 0.6 is 0 Å². The van der Waals surface area contributed by atoms with E-state index in [2.05, 4.69) is 41.4 Å². The fourth-order valence-corrected chi connectivity index (χ4v) is 3.36. The predicted molar refractivity (Wildman–Crippen MR) is 98.1 cm³/mol. The molecule has 1 amide bonds. The molecule has 2 aromatic rings. The summed E-state index contributed by atoms with van der Waals surface area (Å²) in [7, 11) is 0. The van der Waals surface area contributed by atoms with Crippen LogP contribution in [0.4, 0.5) is 5.69 Å². The summed E-state index contributed by atoms with van der Waals surface area (Å²) in [5.74, 6) is -0.0843. The number of hydrogen-bond donors (Lipinski definition) is 2. The van der Waals surface area contributed by atoms with Crippen molar-refractivity contribution < 1.29 is 4.79 Å². The SMILES string of the molecule is CC1Cc2ccccc2N1CCNC(=O)C(N)Cc1ccccc1. The third kappa shape index (κ3) is 3.77. The maximum atomic E-state index is 12.2. The number of nitrogens with one attached hydrogen (secondary N) is 1. The number of nitrogens with two attached hydrogens (primary N) is 1. The van der Waals surface area contributed by atoms with Gasteiger partial charge in [0.1, 0.15) is 0 Å². The van der Waals surface area contributed by atoms with Crippen molar-refractivity contribution in [2.75, 3.05) is 18.0 Å². The summed E-state index contributed by atoms with van der Waals surface area (Å²) in [5, 5.41) is 2.98. The van der Waals surface area contributed by atoms with E-state index in [1.54, 1.807) is 0 Å². The van der Waals surface area contributed by atoms with E-state index in [1.165, 1.54) is 11.3 Å². The van der Waals surface area contributed by atoms with E-state index >= 15 is 0 Å². The maximum absolute atomic E-state index is 12.2. The van der Waals surface area contributed by atoms with E-state index in [0.717, 1.165) is 18.5 Å². The minimum atomic E-state index is -0.504. The summed E-state index contributed by atoms with van der Waals surface area (Å²) in [6.07, 6.45) is 1.63.